The molecular formula is C30H15F9O2. The summed E-state index contributed by atoms with van der Waals surface area (Å²) in [5, 5.41) is 0. The van der Waals surface area contributed by atoms with Crippen LogP contribution in [0.25, 0.3) is 11.1 Å². The van der Waals surface area contributed by atoms with Crippen molar-refractivity contribution in [1.82, 2.24) is 0 Å². The van der Waals surface area contributed by atoms with E-state index in [4.69, 9.17) is 4.74 Å². The largest absolute Gasteiger partial charge is 0.489 e. The Labute approximate surface area is 227 Å². The third-order valence-corrected chi connectivity index (χ3v) is 5.46. The van der Waals surface area contributed by atoms with Gasteiger partial charge in [-0.15, -0.1) is 0 Å². The summed E-state index contributed by atoms with van der Waals surface area (Å²) in [7, 11) is 0. The molecule has 4 aromatic rings. The van der Waals surface area contributed by atoms with Crippen molar-refractivity contribution in [3.8, 4) is 34.5 Å². The quantitative estimate of drug-likeness (QED) is 0.0949. The predicted molar refractivity (Wildman–Crippen MR) is 131 cm³/mol. The second-order valence-corrected chi connectivity index (χ2v) is 8.32. The molecule has 4 aromatic carbocycles. The molecule has 2 nitrogen and oxygen atoms in total. The summed E-state index contributed by atoms with van der Waals surface area (Å²) in [4.78, 5) is 0. The van der Waals surface area contributed by atoms with Gasteiger partial charge in [-0.05, 0) is 54.1 Å². The van der Waals surface area contributed by atoms with Crippen LogP contribution in [0, 0.1) is 52.6 Å². The smallest absolute Gasteiger partial charge is 0.432 e. The molecule has 0 fully saturated rings. The highest BCUT2D eigenvalue weighted by atomic mass is 19.3. The maximum atomic E-state index is 14.8. The van der Waals surface area contributed by atoms with Crippen molar-refractivity contribution < 1.29 is 49.0 Å². The van der Waals surface area contributed by atoms with Crippen LogP contribution < -0.4 is 9.47 Å². The van der Waals surface area contributed by atoms with Crippen LogP contribution in [0.2, 0.25) is 0 Å². The van der Waals surface area contributed by atoms with Gasteiger partial charge in [0, 0.05) is 23.3 Å². The summed E-state index contributed by atoms with van der Waals surface area (Å²) in [6, 6.07) is 7.54. The van der Waals surface area contributed by atoms with Crippen molar-refractivity contribution in [1.29, 1.82) is 0 Å². The number of halogens is 9. The summed E-state index contributed by atoms with van der Waals surface area (Å²) in [6.07, 6.45) is -3.21. The molecule has 0 heterocycles. The molecule has 0 unspecified atom stereocenters. The fraction of sp³-hybridized carbons (Fsp3) is 0.0667. The summed E-state index contributed by atoms with van der Waals surface area (Å²) in [5.74, 6) is -6.72. The molecule has 11 heteroatoms. The topological polar surface area (TPSA) is 18.5 Å². The van der Waals surface area contributed by atoms with E-state index in [9.17, 15) is 39.5 Å². The van der Waals surface area contributed by atoms with Crippen LogP contribution in [-0.2, 0) is 6.11 Å². The highest BCUT2D eigenvalue weighted by Crippen LogP contribution is 2.37. The normalized spacial score (nSPS) is 11.0. The minimum atomic E-state index is -4.66. The molecule has 0 radical (unpaired) electrons. The molecule has 0 aromatic heterocycles. The maximum Gasteiger partial charge on any atom is 0.432 e. The van der Waals surface area contributed by atoms with Gasteiger partial charge in [0.2, 0.25) is 0 Å². The lowest BCUT2D eigenvalue weighted by molar-refractivity contribution is -0.189. The molecule has 0 atom stereocenters. The molecule has 0 aliphatic carbocycles. The molecule has 210 valence electrons. The van der Waals surface area contributed by atoms with E-state index < -0.39 is 74.8 Å². The Bertz CT molecular complexity index is 1660. The molecule has 41 heavy (non-hydrogen) atoms. The first-order valence-corrected chi connectivity index (χ1v) is 11.5. The minimum absolute atomic E-state index is 0.127. The summed E-state index contributed by atoms with van der Waals surface area (Å²) >= 11 is 0. The van der Waals surface area contributed by atoms with E-state index in [0.29, 0.717) is 30.3 Å². The number of alkyl halides is 2. The molecule has 0 saturated carbocycles. The van der Waals surface area contributed by atoms with E-state index >= 15 is 0 Å². The molecule has 4 rings (SSSR count). The van der Waals surface area contributed by atoms with Gasteiger partial charge in [-0.3, -0.25) is 0 Å². The molecule has 0 aliphatic rings. The van der Waals surface area contributed by atoms with Gasteiger partial charge in [0.1, 0.15) is 46.9 Å². The Balaban J connectivity index is 1.57. The number of benzene rings is 4. The van der Waals surface area contributed by atoms with Crippen LogP contribution in [0.3, 0.4) is 0 Å². The zero-order chi connectivity index (χ0) is 29.9. The van der Waals surface area contributed by atoms with E-state index in [2.05, 4.69) is 23.2 Å². The fourth-order valence-corrected chi connectivity index (χ4v) is 3.61. The number of ether oxygens (including phenoxy) is 2. The highest BCUT2D eigenvalue weighted by Gasteiger charge is 2.41. The van der Waals surface area contributed by atoms with Crippen molar-refractivity contribution in [2.75, 3.05) is 6.61 Å². The monoisotopic (exact) mass is 578 g/mol. The van der Waals surface area contributed by atoms with Gasteiger partial charge < -0.3 is 9.47 Å². The molecule has 0 bridgehead atoms. The second kappa shape index (κ2) is 11.7. The van der Waals surface area contributed by atoms with Gasteiger partial charge in [-0.1, -0.05) is 24.5 Å². The Hall–Kier alpha value is -4.85. The van der Waals surface area contributed by atoms with Crippen LogP contribution in [-0.4, -0.2) is 6.61 Å². The first-order valence-electron chi connectivity index (χ1n) is 11.5. The SMILES string of the molecule is C=CCOc1ccc(C#Cc2cc(F)c(C(F)(F)Oc3ccc(-c4cc(F)c(F)c(F)c4)c(F)c3)c(F)c2)c(F)c1. The molecule has 0 amide bonds. The van der Waals surface area contributed by atoms with Crippen molar-refractivity contribution >= 4 is 0 Å². The molecule has 0 N–H and O–H groups in total. The highest BCUT2D eigenvalue weighted by molar-refractivity contribution is 5.65. The van der Waals surface area contributed by atoms with Crippen molar-refractivity contribution in [2.45, 2.75) is 6.11 Å². The van der Waals surface area contributed by atoms with Crippen molar-refractivity contribution in [3.63, 3.8) is 0 Å². The van der Waals surface area contributed by atoms with E-state index in [-0.39, 0.29) is 17.9 Å². The van der Waals surface area contributed by atoms with Gasteiger partial charge in [0.25, 0.3) is 0 Å². The molecule has 0 saturated heterocycles. The van der Waals surface area contributed by atoms with E-state index in [1.807, 2.05) is 0 Å². The number of rotatable bonds is 7. The van der Waals surface area contributed by atoms with Crippen molar-refractivity contribution in [2.24, 2.45) is 0 Å². The lowest BCUT2D eigenvalue weighted by Gasteiger charge is -2.20. The van der Waals surface area contributed by atoms with Gasteiger partial charge in [-0.2, -0.15) is 8.78 Å². The van der Waals surface area contributed by atoms with Crippen LogP contribution in [0.1, 0.15) is 16.7 Å². The lowest BCUT2D eigenvalue weighted by atomic mass is 10.0. The van der Waals surface area contributed by atoms with Gasteiger partial charge in [0.15, 0.2) is 17.5 Å². The van der Waals surface area contributed by atoms with Crippen LogP contribution in [0.15, 0.2) is 73.3 Å². The predicted octanol–water partition coefficient (Wildman–Crippen LogP) is 8.42. The zero-order valence-electron chi connectivity index (χ0n) is 20.5. The fourth-order valence-electron chi connectivity index (χ4n) is 3.61. The second-order valence-electron chi connectivity index (χ2n) is 8.32. The van der Waals surface area contributed by atoms with Crippen LogP contribution in [0.4, 0.5) is 39.5 Å². The molecule has 0 aliphatic heterocycles. The summed E-state index contributed by atoms with van der Waals surface area (Å²) < 4.78 is 137. The van der Waals surface area contributed by atoms with Crippen LogP contribution >= 0.6 is 0 Å². The van der Waals surface area contributed by atoms with E-state index in [1.165, 1.54) is 18.2 Å². The maximum absolute atomic E-state index is 14.8. The van der Waals surface area contributed by atoms with Gasteiger partial charge in [-0.25, -0.2) is 30.7 Å². The van der Waals surface area contributed by atoms with Crippen molar-refractivity contribution in [3.05, 3.63) is 131 Å². The minimum Gasteiger partial charge on any atom is -0.489 e. The first-order chi connectivity index (χ1) is 19.4. The molecule has 0 spiro atoms. The lowest BCUT2D eigenvalue weighted by Crippen LogP contribution is -2.25. The molecular weight excluding hydrogens is 563 g/mol. The number of hydrogen-bond acceptors (Lipinski definition) is 2. The number of hydrogen-bond donors (Lipinski definition) is 0. The Kier molecular flexibility index (Phi) is 8.33. The van der Waals surface area contributed by atoms with Gasteiger partial charge >= 0.3 is 6.11 Å². The Morgan fingerprint density at radius 2 is 1.29 bits per heavy atom. The van der Waals surface area contributed by atoms with E-state index in [1.54, 1.807) is 0 Å². The summed E-state index contributed by atoms with van der Waals surface area (Å²) in [6.45, 7) is 3.58. The summed E-state index contributed by atoms with van der Waals surface area (Å²) in [5.41, 5.74) is -3.31. The average molecular weight is 578 g/mol. The van der Waals surface area contributed by atoms with E-state index in [0.717, 1.165) is 18.2 Å². The Morgan fingerprint density at radius 1 is 0.683 bits per heavy atom. The third kappa shape index (κ3) is 6.49. The Morgan fingerprint density at radius 3 is 1.88 bits per heavy atom. The average Bonchev–Trinajstić information content (AvgIpc) is 2.89. The van der Waals surface area contributed by atoms with Gasteiger partial charge in [0.05, 0.1) is 5.56 Å². The zero-order valence-corrected chi connectivity index (χ0v) is 20.5. The first kappa shape index (κ1) is 29.1. The van der Waals surface area contributed by atoms with Crippen LogP contribution in [0.5, 0.6) is 11.5 Å². The third-order valence-electron chi connectivity index (χ3n) is 5.46. The standard InChI is InChI=1S/C30H15F9O2/c1-2-9-40-19-6-5-17(22(31)14-19)4-3-16-10-24(33)28(25(34)11-16)30(38,39)41-20-7-8-21(23(32)15-20)18-12-26(35)29(37)27(36)13-18/h2,5-8,10-15H,1,9H2.